The molecule has 0 unspecified atom stereocenters. The summed E-state index contributed by atoms with van der Waals surface area (Å²) in [6.07, 6.45) is 0.720. The average Bonchev–Trinajstić information content (AvgIpc) is 3.83. The highest BCUT2D eigenvalue weighted by atomic mass is 19.3. The number of hydrogen-bond acceptors (Lipinski definition) is 11. The Hall–Kier alpha value is -5.88. The van der Waals surface area contributed by atoms with Crippen LogP contribution in [0.15, 0.2) is 65.2 Å². The zero-order chi connectivity index (χ0) is 39.8. The van der Waals surface area contributed by atoms with Crippen LogP contribution in [0.3, 0.4) is 0 Å². The molecule has 0 aliphatic carbocycles. The van der Waals surface area contributed by atoms with Gasteiger partial charge in [0.2, 0.25) is 11.8 Å². The van der Waals surface area contributed by atoms with E-state index in [0.717, 1.165) is 71.4 Å². The number of benzene rings is 3. The summed E-state index contributed by atoms with van der Waals surface area (Å²) in [6, 6.07) is 19.5. The van der Waals surface area contributed by atoms with Crippen LogP contribution < -0.4 is 10.6 Å². The Morgan fingerprint density at radius 1 is 0.930 bits per heavy atom. The monoisotopic (exact) mass is 771 g/mol. The fourth-order valence-electron chi connectivity index (χ4n) is 8.11. The molecule has 292 valence electrons. The quantitative estimate of drug-likeness (QED) is 0.130. The minimum atomic E-state index is -2.88. The molecule has 0 saturated carbocycles. The van der Waals surface area contributed by atoms with Gasteiger partial charge in [0.15, 0.2) is 17.2 Å². The predicted octanol–water partition coefficient (Wildman–Crippen LogP) is 7.19. The van der Waals surface area contributed by atoms with Crippen molar-refractivity contribution in [3.8, 4) is 28.7 Å². The SMILES string of the molecule is CNC(=O)C1CCN(Cc2cc(C#N)c3oc(-c4cccc(-c5cccc(Nc6nc(C(F)F)nc7cc(CN8CC[C@H](O)C8)cnc67)c5C)c4C)nc3c2)CC1. The molecule has 12 nitrogen and oxygen atoms in total. The van der Waals surface area contributed by atoms with Crippen molar-refractivity contribution < 1.29 is 23.1 Å². The minimum absolute atomic E-state index is 0.0247. The molecule has 5 heterocycles. The number of oxazole rings is 1. The lowest BCUT2D eigenvalue weighted by atomic mass is 9.93. The number of amides is 1. The Balaban J connectivity index is 1.07. The average molecular weight is 772 g/mol. The number of halogens is 2. The molecular formula is C43H43F2N9O3. The molecule has 1 atom stereocenters. The molecule has 2 fully saturated rings. The summed E-state index contributed by atoms with van der Waals surface area (Å²) in [5.41, 5.74) is 8.93. The number of aliphatic hydroxyl groups is 1. The molecule has 6 aromatic rings. The Morgan fingerprint density at radius 2 is 1.63 bits per heavy atom. The molecule has 2 aliphatic heterocycles. The molecule has 1 amide bonds. The number of aromatic nitrogens is 4. The smallest absolute Gasteiger partial charge is 0.297 e. The van der Waals surface area contributed by atoms with Crippen molar-refractivity contribution in [1.29, 1.82) is 5.26 Å². The summed E-state index contributed by atoms with van der Waals surface area (Å²) < 4.78 is 34.5. The van der Waals surface area contributed by atoms with Crippen molar-refractivity contribution in [3.05, 3.63) is 94.4 Å². The first-order chi connectivity index (χ1) is 27.6. The van der Waals surface area contributed by atoms with Crippen LogP contribution in [0.4, 0.5) is 20.3 Å². The normalized spacial score (nSPS) is 16.8. The van der Waals surface area contributed by atoms with Crippen molar-refractivity contribution in [1.82, 2.24) is 35.1 Å². The number of carbonyl (C=O) groups is 1. The van der Waals surface area contributed by atoms with E-state index in [-0.39, 0.29) is 23.7 Å². The molecular weight excluding hydrogens is 729 g/mol. The maximum absolute atomic E-state index is 14.1. The third-order valence-corrected chi connectivity index (χ3v) is 11.2. The summed E-state index contributed by atoms with van der Waals surface area (Å²) >= 11 is 0. The number of aliphatic hydroxyl groups excluding tert-OH is 1. The highest BCUT2D eigenvalue weighted by Crippen LogP contribution is 2.38. The first-order valence-corrected chi connectivity index (χ1v) is 19.2. The maximum atomic E-state index is 14.1. The van der Waals surface area contributed by atoms with Gasteiger partial charge in [-0.15, -0.1) is 0 Å². The summed E-state index contributed by atoms with van der Waals surface area (Å²) in [5, 5.41) is 26.1. The number of fused-ring (bicyclic) bond motifs is 2. The lowest BCUT2D eigenvalue weighted by molar-refractivity contribution is -0.125. The van der Waals surface area contributed by atoms with Crippen LogP contribution in [0.5, 0.6) is 0 Å². The zero-order valence-corrected chi connectivity index (χ0v) is 32.0. The molecule has 3 N–H and O–H groups in total. The summed E-state index contributed by atoms with van der Waals surface area (Å²) in [6.45, 7) is 8.00. The van der Waals surface area contributed by atoms with E-state index in [1.807, 2.05) is 62.4 Å². The number of alkyl halides is 2. The van der Waals surface area contributed by atoms with E-state index in [2.05, 4.69) is 41.5 Å². The van der Waals surface area contributed by atoms with E-state index in [4.69, 9.17) is 9.40 Å². The van der Waals surface area contributed by atoms with Crippen LogP contribution in [0.2, 0.25) is 0 Å². The number of rotatable bonds is 10. The molecule has 2 saturated heterocycles. The first kappa shape index (κ1) is 38.0. The Kier molecular flexibility index (Phi) is 10.6. The van der Waals surface area contributed by atoms with E-state index in [9.17, 15) is 23.9 Å². The van der Waals surface area contributed by atoms with Crippen molar-refractivity contribution in [3.63, 3.8) is 0 Å². The van der Waals surface area contributed by atoms with Crippen LogP contribution in [0, 0.1) is 31.1 Å². The number of hydrogen-bond donors (Lipinski definition) is 3. The number of anilines is 2. The van der Waals surface area contributed by atoms with Crippen molar-refractivity contribution in [2.45, 2.75) is 58.7 Å². The van der Waals surface area contributed by atoms with Crippen LogP contribution in [0.25, 0.3) is 44.7 Å². The molecule has 3 aromatic heterocycles. The van der Waals surface area contributed by atoms with Crippen LogP contribution >= 0.6 is 0 Å². The third kappa shape index (κ3) is 7.78. The first-order valence-electron chi connectivity index (χ1n) is 19.2. The Morgan fingerprint density at radius 3 is 2.35 bits per heavy atom. The highest BCUT2D eigenvalue weighted by molar-refractivity contribution is 5.90. The number of nitrogens with one attached hydrogen (secondary N) is 2. The van der Waals surface area contributed by atoms with Crippen molar-refractivity contribution in [2.75, 3.05) is 38.5 Å². The fraction of sp³-hybridized carbons (Fsp3) is 0.349. The number of nitriles is 1. The van der Waals surface area contributed by atoms with E-state index in [0.29, 0.717) is 65.3 Å². The number of carbonyl (C=O) groups excluding carboxylic acids is 1. The number of β-amino-alcohol motifs (C(OH)–C–C–N with tert-alkyl or cyclic N) is 1. The van der Waals surface area contributed by atoms with Gasteiger partial charge in [0.05, 0.1) is 17.2 Å². The largest absolute Gasteiger partial charge is 0.435 e. The molecule has 3 aromatic carbocycles. The van der Waals surface area contributed by atoms with Gasteiger partial charge in [0.25, 0.3) is 6.43 Å². The molecule has 2 aliphatic rings. The fourth-order valence-corrected chi connectivity index (χ4v) is 8.11. The van der Waals surface area contributed by atoms with E-state index >= 15 is 0 Å². The third-order valence-electron chi connectivity index (χ3n) is 11.2. The predicted molar refractivity (Wildman–Crippen MR) is 213 cm³/mol. The Labute approximate surface area is 328 Å². The standard InChI is InChI=1S/C43H43F2N9O3/c1-24-31(6-4-8-33(24)43-51-36-17-26(16-29(19-46)38(36)57-43)21-53-13-10-28(11-14-53)42(56)47-3)32-7-5-9-34(25(32)2)49-40-37-35(50-41(52-40)39(44)45)18-27(20-48-37)22-54-15-12-30(55)23-54/h4-9,16-18,20,28,30,39,55H,10-15,21-23H2,1-3H3,(H,47,56)(H,49,50,52)/t30-/m0/s1. The zero-order valence-electron chi connectivity index (χ0n) is 32.0. The summed E-state index contributed by atoms with van der Waals surface area (Å²) in [5.74, 6) is 0.0928. The van der Waals surface area contributed by atoms with Crippen LogP contribution in [0.1, 0.15) is 59.3 Å². The number of pyridine rings is 1. The lowest BCUT2D eigenvalue weighted by Gasteiger charge is -2.31. The molecule has 0 radical (unpaired) electrons. The maximum Gasteiger partial charge on any atom is 0.297 e. The van der Waals surface area contributed by atoms with Crippen LogP contribution in [-0.2, 0) is 17.9 Å². The summed E-state index contributed by atoms with van der Waals surface area (Å²) in [4.78, 5) is 34.3. The molecule has 0 spiro atoms. The molecule has 57 heavy (non-hydrogen) atoms. The second-order valence-electron chi connectivity index (χ2n) is 15.0. The van der Waals surface area contributed by atoms with Crippen molar-refractivity contribution >= 4 is 39.5 Å². The van der Waals surface area contributed by atoms with E-state index in [1.165, 1.54) is 0 Å². The van der Waals surface area contributed by atoms with Gasteiger partial charge >= 0.3 is 0 Å². The van der Waals surface area contributed by atoms with Gasteiger partial charge in [0, 0.05) is 56.6 Å². The van der Waals surface area contributed by atoms with Crippen molar-refractivity contribution in [2.24, 2.45) is 5.92 Å². The van der Waals surface area contributed by atoms with Gasteiger partial charge in [-0.1, -0.05) is 24.3 Å². The van der Waals surface area contributed by atoms with Gasteiger partial charge in [-0.05, 0) is 110 Å². The number of likely N-dealkylation sites (tertiary alicyclic amines) is 2. The second kappa shape index (κ2) is 15.9. The minimum Gasteiger partial charge on any atom is -0.435 e. The van der Waals surface area contributed by atoms with Gasteiger partial charge in [0.1, 0.15) is 17.1 Å². The Bertz CT molecular complexity index is 2530. The second-order valence-corrected chi connectivity index (χ2v) is 15.0. The summed E-state index contributed by atoms with van der Waals surface area (Å²) in [7, 11) is 1.67. The molecule has 8 rings (SSSR count). The van der Waals surface area contributed by atoms with Gasteiger partial charge < -0.3 is 20.2 Å². The molecule has 14 heteroatoms. The lowest BCUT2D eigenvalue weighted by Crippen LogP contribution is -2.39. The van der Waals surface area contributed by atoms with Gasteiger partial charge in [-0.2, -0.15) is 5.26 Å². The van der Waals surface area contributed by atoms with Crippen LogP contribution in [-0.4, -0.2) is 80.1 Å². The number of nitrogens with zero attached hydrogens (tertiary/aromatic N) is 7. The number of piperidine rings is 1. The van der Waals surface area contributed by atoms with E-state index in [1.54, 1.807) is 19.3 Å². The van der Waals surface area contributed by atoms with Gasteiger partial charge in [-0.3, -0.25) is 19.6 Å². The van der Waals surface area contributed by atoms with Gasteiger partial charge in [-0.25, -0.2) is 23.7 Å². The topological polar surface area (TPSA) is 156 Å². The van der Waals surface area contributed by atoms with E-state index < -0.39 is 12.2 Å². The molecule has 0 bridgehead atoms. The highest BCUT2D eigenvalue weighted by Gasteiger charge is 2.26.